The van der Waals surface area contributed by atoms with Gasteiger partial charge < -0.3 is 21.2 Å². The molecule has 4 N–H and O–H groups in total. The van der Waals surface area contributed by atoms with E-state index in [0.717, 1.165) is 47.7 Å². The van der Waals surface area contributed by atoms with E-state index in [1.165, 1.54) is 18.2 Å². The van der Waals surface area contributed by atoms with E-state index in [0.29, 0.717) is 11.6 Å². The van der Waals surface area contributed by atoms with E-state index in [2.05, 4.69) is 17.4 Å². The number of para-hydroxylation sites is 1. The maximum absolute atomic E-state index is 7.77. The fraction of sp³-hybridized carbons (Fsp3) is 0.208. The molecule has 4 nitrogen and oxygen atoms in total. The van der Waals surface area contributed by atoms with Crippen molar-refractivity contribution < 1.29 is 4.74 Å². The van der Waals surface area contributed by atoms with Crippen LogP contribution in [0.3, 0.4) is 0 Å². The molecule has 0 aliphatic carbocycles. The number of anilines is 1. The van der Waals surface area contributed by atoms with E-state index in [1.54, 1.807) is 0 Å². The van der Waals surface area contributed by atoms with Gasteiger partial charge >= 0.3 is 0 Å². The highest BCUT2D eigenvalue weighted by molar-refractivity contribution is 5.93. The summed E-state index contributed by atoms with van der Waals surface area (Å²) in [7, 11) is 0. The molecule has 0 aromatic heterocycles. The first kappa shape index (κ1) is 18.3. The quantitative estimate of drug-likeness (QED) is 0.427. The van der Waals surface area contributed by atoms with Crippen molar-refractivity contribution >= 4 is 11.9 Å². The normalized spacial score (nSPS) is 16.5. The zero-order valence-corrected chi connectivity index (χ0v) is 15.8. The Balaban J connectivity index is 1.64. The Labute approximate surface area is 165 Å². The largest absolute Gasteiger partial charge is 0.457 e. The smallest absolute Gasteiger partial charge is 0.127 e. The molecule has 142 valence electrons. The Morgan fingerprint density at radius 3 is 2.43 bits per heavy atom. The molecule has 28 heavy (non-hydrogen) atoms. The molecule has 0 amide bonds. The SMILES string of the molecule is N=Cc1cc(C2CCCNC2)cc(-c2ccc(Oc3ccccc3)cc2)c1N. The van der Waals surface area contributed by atoms with Crippen LogP contribution in [0.15, 0.2) is 66.7 Å². The van der Waals surface area contributed by atoms with Gasteiger partial charge in [0, 0.05) is 29.6 Å². The van der Waals surface area contributed by atoms with Crippen LogP contribution in [0.2, 0.25) is 0 Å². The van der Waals surface area contributed by atoms with Crippen molar-refractivity contribution in [3.05, 3.63) is 77.9 Å². The minimum atomic E-state index is 0.465. The summed E-state index contributed by atoms with van der Waals surface area (Å²) in [4.78, 5) is 0. The summed E-state index contributed by atoms with van der Waals surface area (Å²) in [6, 6.07) is 22.0. The van der Waals surface area contributed by atoms with Crippen LogP contribution in [0.1, 0.15) is 29.9 Å². The first-order valence-corrected chi connectivity index (χ1v) is 9.72. The first-order valence-electron chi connectivity index (χ1n) is 9.72. The van der Waals surface area contributed by atoms with Gasteiger partial charge in [-0.15, -0.1) is 0 Å². The van der Waals surface area contributed by atoms with Gasteiger partial charge in [-0.25, -0.2) is 0 Å². The van der Waals surface area contributed by atoms with Crippen LogP contribution in [0.5, 0.6) is 11.5 Å². The lowest BCUT2D eigenvalue weighted by molar-refractivity contribution is 0.462. The molecule has 0 spiro atoms. The fourth-order valence-electron chi connectivity index (χ4n) is 3.76. The topological polar surface area (TPSA) is 71.1 Å². The van der Waals surface area contributed by atoms with Gasteiger partial charge in [-0.1, -0.05) is 30.3 Å². The van der Waals surface area contributed by atoms with E-state index in [9.17, 15) is 0 Å². The third-order valence-corrected chi connectivity index (χ3v) is 5.30. The summed E-state index contributed by atoms with van der Waals surface area (Å²) < 4.78 is 5.89. The molecule has 0 saturated carbocycles. The Morgan fingerprint density at radius 2 is 1.75 bits per heavy atom. The molecule has 4 rings (SSSR count). The zero-order chi connectivity index (χ0) is 19.3. The van der Waals surface area contributed by atoms with Crippen LogP contribution in [-0.2, 0) is 0 Å². The van der Waals surface area contributed by atoms with Gasteiger partial charge in [0.05, 0.1) is 0 Å². The van der Waals surface area contributed by atoms with Crippen LogP contribution in [0.4, 0.5) is 5.69 Å². The molecular weight excluding hydrogens is 346 g/mol. The van der Waals surface area contributed by atoms with E-state index >= 15 is 0 Å². The zero-order valence-electron chi connectivity index (χ0n) is 15.8. The molecule has 0 bridgehead atoms. The molecule has 1 fully saturated rings. The van der Waals surface area contributed by atoms with Crippen molar-refractivity contribution in [1.29, 1.82) is 5.41 Å². The lowest BCUT2D eigenvalue weighted by Gasteiger charge is -2.24. The van der Waals surface area contributed by atoms with Crippen LogP contribution in [0, 0.1) is 5.41 Å². The van der Waals surface area contributed by atoms with Crippen LogP contribution in [0.25, 0.3) is 11.1 Å². The molecule has 3 aromatic carbocycles. The van der Waals surface area contributed by atoms with Crippen molar-refractivity contribution in [3.63, 3.8) is 0 Å². The predicted molar refractivity (Wildman–Crippen MR) is 116 cm³/mol. The predicted octanol–water partition coefficient (Wildman–Crippen LogP) is 5.19. The molecule has 1 heterocycles. The number of hydrogen-bond donors (Lipinski definition) is 3. The molecule has 1 atom stereocenters. The van der Waals surface area contributed by atoms with Gasteiger partial charge in [-0.3, -0.25) is 0 Å². The Bertz CT molecular complexity index is 946. The number of nitrogens with two attached hydrogens (primary N) is 1. The minimum absolute atomic E-state index is 0.465. The lowest BCUT2D eigenvalue weighted by Crippen LogP contribution is -2.28. The summed E-state index contributed by atoms with van der Waals surface area (Å²) in [5.41, 5.74) is 11.1. The monoisotopic (exact) mass is 371 g/mol. The second-order valence-electron chi connectivity index (χ2n) is 7.20. The average molecular weight is 371 g/mol. The molecule has 1 unspecified atom stereocenters. The summed E-state index contributed by atoms with van der Waals surface area (Å²) in [5.74, 6) is 2.06. The van der Waals surface area contributed by atoms with E-state index < -0.39 is 0 Å². The van der Waals surface area contributed by atoms with Gasteiger partial charge in [0.2, 0.25) is 0 Å². The van der Waals surface area contributed by atoms with E-state index in [1.807, 2.05) is 54.6 Å². The van der Waals surface area contributed by atoms with E-state index in [-0.39, 0.29) is 0 Å². The van der Waals surface area contributed by atoms with E-state index in [4.69, 9.17) is 15.9 Å². The summed E-state index contributed by atoms with van der Waals surface area (Å²) >= 11 is 0. The van der Waals surface area contributed by atoms with Crippen molar-refractivity contribution in [2.45, 2.75) is 18.8 Å². The lowest BCUT2D eigenvalue weighted by atomic mass is 9.87. The third-order valence-electron chi connectivity index (χ3n) is 5.30. The Morgan fingerprint density at radius 1 is 1.00 bits per heavy atom. The minimum Gasteiger partial charge on any atom is -0.457 e. The second kappa shape index (κ2) is 8.28. The number of ether oxygens (including phenoxy) is 1. The second-order valence-corrected chi connectivity index (χ2v) is 7.20. The Hall–Kier alpha value is -3.11. The number of benzene rings is 3. The van der Waals surface area contributed by atoms with Crippen molar-refractivity contribution in [1.82, 2.24) is 5.32 Å². The molecule has 1 saturated heterocycles. The number of nitrogen functional groups attached to an aromatic ring is 1. The maximum atomic E-state index is 7.77. The molecular formula is C24H25N3O. The molecule has 4 heteroatoms. The van der Waals surface area contributed by atoms with Crippen molar-refractivity contribution in [2.75, 3.05) is 18.8 Å². The number of hydrogen-bond acceptors (Lipinski definition) is 4. The van der Waals surface area contributed by atoms with Gasteiger partial charge in [0.15, 0.2) is 0 Å². The van der Waals surface area contributed by atoms with Gasteiger partial charge in [-0.05, 0) is 72.8 Å². The first-order chi connectivity index (χ1) is 13.7. The molecule has 1 aliphatic rings. The van der Waals surface area contributed by atoms with Gasteiger partial charge in [-0.2, -0.15) is 0 Å². The summed E-state index contributed by atoms with van der Waals surface area (Å²) in [6.45, 7) is 2.06. The summed E-state index contributed by atoms with van der Waals surface area (Å²) in [6.07, 6.45) is 3.69. The Kier molecular flexibility index (Phi) is 5.40. The average Bonchev–Trinajstić information content (AvgIpc) is 2.76. The van der Waals surface area contributed by atoms with Crippen LogP contribution < -0.4 is 15.8 Å². The number of piperidine rings is 1. The fourth-order valence-corrected chi connectivity index (χ4v) is 3.76. The van der Waals surface area contributed by atoms with Crippen molar-refractivity contribution in [2.24, 2.45) is 0 Å². The van der Waals surface area contributed by atoms with Crippen molar-refractivity contribution in [3.8, 4) is 22.6 Å². The van der Waals surface area contributed by atoms with Crippen LogP contribution >= 0.6 is 0 Å². The molecule has 1 aliphatic heterocycles. The van der Waals surface area contributed by atoms with Gasteiger partial charge in [0.25, 0.3) is 0 Å². The van der Waals surface area contributed by atoms with Gasteiger partial charge in [0.1, 0.15) is 11.5 Å². The number of nitrogens with one attached hydrogen (secondary N) is 2. The third kappa shape index (κ3) is 3.92. The highest BCUT2D eigenvalue weighted by Crippen LogP contribution is 2.35. The maximum Gasteiger partial charge on any atom is 0.127 e. The molecule has 0 radical (unpaired) electrons. The highest BCUT2D eigenvalue weighted by atomic mass is 16.5. The molecule has 3 aromatic rings. The number of rotatable bonds is 5. The van der Waals surface area contributed by atoms with Crippen LogP contribution in [-0.4, -0.2) is 19.3 Å². The highest BCUT2D eigenvalue weighted by Gasteiger charge is 2.18. The summed E-state index contributed by atoms with van der Waals surface area (Å²) in [5, 5.41) is 11.2. The standard InChI is InChI=1S/C24H25N3O/c25-15-20-13-19(18-5-4-12-27-16-18)14-23(24(20)26)17-8-10-22(11-9-17)28-21-6-2-1-3-7-21/h1-3,6-11,13-15,18,25,27H,4-5,12,16,26H2.